The molecule has 2 aliphatic rings. The first-order valence-corrected chi connectivity index (χ1v) is 6.98. The van der Waals surface area contributed by atoms with E-state index >= 15 is 0 Å². The molecule has 2 aliphatic carbocycles. The predicted octanol–water partition coefficient (Wildman–Crippen LogP) is 0.857. The van der Waals surface area contributed by atoms with E-state index in [9.17, 15) is 4.79 Å². The van der Waals surface area contributed by atoms with Crippen molar-refractivity contribution in [3.63, 3.8) is 0 Å². The van der Waals surface area contributed by atoms with E-state index in [0.29, 0.717) is 18.6 Å². The van der Waals surface area contributed by atoms with Gasteiger partial charge in [0.1, 0.15) is 0 Å². The molecule has 2 saturated carbocycles. The molecule has 1 amide bonds. The first-order chi connectivity index (χ1) is 8.22. The van der Waals surface area contributed by atoms with Gasteiger partial charge in [-0.3, -0.25) is 9.69 Å². The molecule has 0 aliphatic heterocycles. The van der Waals surface area contributed by atoms with E-state index in [1.807, 2.05) is 6.92 Å². The van der Waals surface area contributed by atoms with Gasteiger partial charge in [-0.15, -0.1) is 0 Å². The lowest BCUT2D eigenvalue weighted by molar-refractivity contribution is -0.126. The minimum Gasteiger partial charge on any atom is -0.352 e. The molecule has 0 heterocycles. The molecule has 2 rings (SSSR count). The summed E-state index contributed by atoms with van der Waals surface area (Å²) in [5.74, 6) is 0.192. The quantitative estimate of drug-likeness (QED) is 0.722. The molecule has 0 spiro atoms. The topological polar surface area (TPSA) is 58.4 Å². The van der Waals surface area contributed by atoms with Gasteiger partial charge in [-0.1, -0.05) is 12.8 Å². The normalized spacial score (nSPS) is 23.0. The number of nitrogens with two attached hydrogens (primary N) is 1. The zero-order valence-electron chi connectivity index (χ0n) is 10.8. The fourth-order valence-electron chi connectivity index (χ4n) is 2.79. The molecule has 0 aromatic heterocycles. The van der Waals surface area contributed by atoms with Crippen molar-refractivity contribution >= 4 is 5.91 Å². The van der Waals surface area contributed by atoms with Gasteiger partial charge in [0.25, 0.3) is 0 Å². The van der Waals surface area contributed by atoms with Crippen molar-refractivity contribution in [3.05, 3.63) is 0 Å². The summed E-state index contributed by atoms with van der Waals surface area (Å²) >= 11 is 0. The summed E-state index contributed by atoms with van der Waals surface area (Å²) in [4.78, 5) is 14.4. The molecule has 4 nitrogen and oxygen atoms in total. The van der Waals surface area contributed by atoms with Gasteiger partial charge in [0, 0.05) is 25.2 Å². The minimum atomic E-state index is -0.0216. The van der Waals surface area contributed by atoms with E-state index < -0.39 is 0 Å². The number of rotatable bonds is 6. The van der Waals surface area contributed by atoms with E-state index in [0.717, 1.165) is 19.4 Å². The predicted molar refractivity (Wildman–Crippen MR) is 68.6 cm³/mol. The lowest BCUT2D eigenvalue weighted by atomic mass is 10.2. The summed E-state index contributed by atoms with van der Waals surface area (Å²) < 4.78 is 0. The lowest BCUT2D eigenvalue weighted by Crippen LogP contribution is -2.49. The van der Waals surface area contributed by atoms with Crippen LogP contribution in [0.1, 0.15) is 45.4 Å². The molecule has 0 saturated heterocycles. The molecule has 4 heteroatoms. The van der Waals surface area contributed by atoms with Crippen molar-refractivity contribution in [2.24, 2.45) is 5.73 Å². The maximum atomic E-state index is 12.2. The van der Waals surface area contributed by atoms with Crippen LogP contribution in [-0.4, -0.2) is 42.0 Å². The molecular formula is C13H25N3O. The number of carbonyl (C=O) groups excluding carboxylic acids is 1. The van der Waals surface area contributed by atoms with Crippen LogP contribution in [0.2, 0.25) is 0 Å². The largest absolute Gasteiger partial charge is 0.352 e. The van der Waals surface area contributed by atoms with Crippen LogP contribution in [0.5, 0.6) is 0 Å². The third-order valence-corrected chi connectivity index (χ3v) is 3.98. The van der Waals surface area contributed by atoms with Gasteiger partial charge in [-0.2, -0.15) is 0 Å². The Balaban J connectivity index is 1.83. The second-order valence-corrected chi connectivity index (χ2v) is 5.42. The van der Waals surface area contributed by atoms with Crippen LogP contribution in [0, 0.1) is 0 Å². The number of nitrogens with zero attached hydrogens (tertiary/aromatic N) is 1. The Kier molecular flexibility index (Phi) is 4.40. The Morgan fingerprint density at radius 3 is 2.53 bits per heavy atom. The number of amides is 1. The molecule has 1 unspecified atom stereocenters. The number of hydrogen-bond acceptors (Lipinski definition) is 3. The van der Waals surface area contributed by atoms with Crippen molar-refractivity contribution in [1.29, 1.82) is 0 Å². The highest BCUT2D eigenvalue weighted by Gasteiger charge is 2.34. The molecule has 98 valence electrons. The van der Waals surface area contributed by atoms with Crippen molar-refractivity contribution in [2.45, 2.75) is 63.6 Å². The van der Waals surface area contributed by atoms with Crippen molar-refractivity contribution in [1.82, 2.24) is 10.2 Å². The molecule has 0 aromatic carbocycles. The van der Waals surface area contributed by atoms with Gasteiger partial charge < -0.3 is 11.1 Å². The Morgan fingerprint density at radius 1 is 1.35 bits per heavy atom. The maximum Gasteiger partial charge on any atom is 0.237 e. The van der Waals surface area contributed by atoms with E-state index in [4.69, 9.17) is 5.73 Å². The second-order valence-electron chi connectivity index (χ2n) is 5.42. The molecule has 0 aromatic rings. The van der Waals surface area contributed by atoms with Crippen LogP contribution in [0.4, 0.5) is 0 Å². The fraction of sp³-hybridized carbons (Fsp3) is 0.923. The summed E-state index contributed by atoms with van der Waals surface area (Å²) in [5, 5.41) is 3.18. The molecule has 2 fully saturated rings. The highest BCUT2D eigenvalue weighted by molar-refractivity contribution is 5.81. The van der Waals surface area contributed by atoms with E-state index in [1.165, 1.54) is 25.7 Å². The van der Waals surface area contributed by atoms with E-state index in [-0.39, 0.29) is 11.9 Å². The third kappa shape index (κ3) is 3.42. The Morgan fingerprint density at radius 2 is 2.00 bits per heavy atom. The lowest BCUT2D eigenvalue weighted by Gasteiger charge is -2.28. The van der Waals surface area contributed by atoms with Gasteiger partial charge in [-0.05, 0) is 32.6 Å². The zero-order valence-corrected chi connectivity index (χ0v) is 10.8. The van der Waals surface area contributed by atoms with Crippen LogP contribution in [0.25, 0.3) is 0 Å². The smallest absolute Gasteiger partial charge is 0.237 e. The third-order valence-electron chi connectivity index (χ3n) is 3.98. The second kappa shape index (κ2) is 5.83. The van der Waals surface area contributed by atoms with Crippen LogP contribution >= 0.6 is 0 Å². The molecular weight excluding hydrogens is 214 g/mol. The number of nitrogens with one attached hydrogen (secondary N) is 1. The summed E-state index contributed by atoms with van der Waals surface area (Å²) in [5.41, 5.74) is 5.62. The first kappa shape index (κ1) is 12.8. The summed E-state index contributed by atoms with van der Waals surface area (Å²) in [6.45, 7) is 3.49. The van der Waals surface area contributed by atoms with Crippen molar-refractivity contribution in [2.75, 3.05) is 13.1 Å². The Labute approximate surface area is 104 Å². The number of carbonyl (C=O) groups is 1. The summed E-state index contributed by atoms with van der Waals surface area (Å²) in [6.07, 6.45) is 7.27. The molecule has 3 N–H and O–H groups in total. The molecule has 17 heavy (non-hydrogen) atoms. The monoisotopic (exact) mass is 239 g/mol. The highest BCUT2D eigenvalue weighted by Crippen LogP contribution is 2.28. The average molecular weight is 239 g/mol. The van der Waals surface area contributed by atoms with E-state index in [1.54, 1.807) is 0 Å². The van der Waals surface area contributed by atoms with E-state index in [2.05, 4.69) is 10.2 Å². The maximum absolute atomic E-state index is 12.2. The van der Waals surface area contributed by atoms with Gasteiger partial charge in [0.15, 0.2) is 0 Å². The average Bonchev–Trinajstić information content (AvgIpc) is 3.03. The zero-order chi connectivity index (χ0) is 12.3. The van der Waals surface area contributed by atoms with Crippen LogP contribution in [-0.2, 0) is 4.79 Å². The summed E-state index contributed by atoms with van der Waals surface area (Å²) in [6, 6.07) is 0.999. The highest BCUT2D eigenvalue weighted by atomic mass is 16.2. The Hall–Kier alpha value is -0.610. The van der Waals surface area contributed by atoms with Crippen molar-refractivity contribution in [3.8, 4) is 0 Å². The molecule has 0 bridgehead atoms. The number of hydrogen-bond donors (Lipinski definition) is 2. The summed E-state index contributed by atoms with van der Waals surface area (Å²) in [7, 11) is 0. The van der Waals surface area contributed by atoms with Crippen LogP contribution in [0.3, 0.4) is 0 Å². The van der Waals surface area contributed by atoms with Gasteiger partial charge >= 0.3 is 0 Å². The molecule has 0 radical (unpaired) electrons. The molecule has 1 atom stereocenters. The first-order valence-electron chi connectivity index (χ1n) is 6.98. The van der Waals surface area contributed by atoms with Gasteiger partial charge in [0.05, 0.1) is 6.04 Å². The SMILES string of the molecule is CC(C(=O)NC1CCCC1)N(CCN)C1CC1. The van der Waals surface area contributed by atoms with Gasteiger partial charge in [0.2, 0.25) is 5.91 Å². The Bertz CT molecular complexity index is 259. The fourth-order valence-corrected chi connectivity index (χ4v) is 2.79. The minimum absolute atomic E-state index is 0.0216. The van der Waals surface area contributed by atoms with Crippen LogP contribution < -0.4 is 11.1 Å². The van der Waals surface area contributed by atoms with Crippen LogP contribution in [0.15, 0.2) is 0 Å². The van der Waals surface area contributed by atoms with Crippen molar-refractivity contribution < 1.29 is 4.79 Å². The standard InChI is InChI=1S/C13H25N3O/c1-10(16(9-8-14)12-6-7-12)13(17)15-11-4-2-3-5-11/h10-12H,2-9,14H2,1H3,(H,15,17). The van der Waals surface area contributed by atoms with Gasteiger partial charge in [-0.25, -0.2) is 0 Å².